The third kappa shape index (κ3) is 10.3. The Morgan fingerprint density at radius 2 is 1.68 bits per heavy atom. The van der Waals surface area contributed by atoms with Gasteiger partial charge in [-0.15, -0.1) is 5.10 Å². The lowest BCUT2D eigenvalue weighted by Crippen LogP contribution is -2.53. The maximum Gasteiger partial charge on any atom is 0.305 e. The molecule has 3 rings (SSSR count). The number of carboxylic acid groups (broad SMARTS) is 1. The van der Waals surface area contributed by atoms with Crippen molar-refractivity contribution in [2.75, 3.05) is 19.6 Å². The van der Waals surface area contributed by atoms with E-state index >= 15 is 0 Å². The number of amides is 4. The first-order chi connectivity index (χ1) is 21.1. The normalized spacial score (nSPS) is 21.4. The number of aliphatic imine (C=N–C) groups is 1. The number of guanidine groups is 1. The molecular weight excluding hydrogens is 574 g/mol. The second kappa shape index (κ2) is 16.5. The Kier molecular flexibility index (Phi) is 12.6. The number of aromatic nitrogens is 3. The van der Waals surface area contributed by atoms with Gasteiger partial charge < -0.3 is 43.6 Å². The van der Waals surface area contributed by atoms with Gasteiger partial charge in [-0.1, -0.05) is 35.5 Å². The molecule has 3 unspecified atom stereocenters. The van der Waals surface area contributed by atoms with Crippen molar-refractivity contribution >= 4 is 35.6 Å². The molecule has 2 aromatic rings. The zero-order valence-corrected chi connectivity index (χ0v) is 24.1. The second-order valence-corrected chi connectivity index (χ2v) is 10.3. The van der Waals surface area contributed by atoms with Crippen LogP contribution in [0.15, 0.2) is 41.5 Å². The van der Waals surface area contributed by atoms with Crippen molar-refractivity contribution in [3.63, 3.8) is 0 Å². The van der Waals surface area contributed by atoms with Crippen molar-refractivity contribution in [3.8, 4) is 0 Å². The lowest BCUT2D eigenvalue weighted by atomic mass is 10.0. The van der Waals surface area contributed by atoms with Crippen LogP contribution in [0, 0.1) is 0 Å². The molecule has 1 aromatic carbocycles. The van der Waals surface area contributed by atoms with Crippen LogP contribution in [-0.4, -0.2) is 87.4 Å². The molecule has 0 fully saturated rings. The van der Waals surface area contributed by atoms with E-state index in [1.54, 1.807) is 0 Å². The van der Waals surface area contributed by atoms with Gasteiger partial charge >= 0.3 is 5.97 Å². The predicted octanol–water partition coefficient (Wildman–Crippen LogP) is -2.41. The Morgan fingerprint density at radius 3 is 2.36 bits per heavy atom. The number of rotatable bonds is 11. The molecule has 1 aromatic heterocycles. The van der Waals surface area contributed by atoms with E-state index in [9.17, 15) is 29.1 Å². The molecule has 4 amide bonds. The second-order valence-electron chi connectivity index (χ2n) is 10.3. The monoisotopic (exact) mass is 613 g/mol. The third-order valence-corrected chi connectivity index (χ3v) is 6.82. The van der Waals surface area contributed by atoms with Gasteiger partial charge in [0.25, 0.3) is 0 Å². The summed E-state index contributed by atoms with van der Waals surface area (Å²) in [4.78, 5) is 68.2. The van der Waals surface area contributed by atoms with E-state index in [4.69, 9.17) is 17.2 Å². The maximum atomic E-state index is 13.6. The average Bonchev–Trinajstić information content (AvgIpc) is 3.46. The molecule has 0 radical (unpaired) electrons. The van der Waals surface area contributed by atoms with E-state index in [2.05, 4.69) is 36.6 Å². The summed E-state index contributed by atoms with van der Waals surface area (Å²) in [5.74, 6) is -4.22. The highest BCUT2D eigenvalue weighted by molar-refractivity contribution is 5.94. The zero-order valence-electron chi connectivity index (χ0n) is 24.1. The van der Waals surface area contributed by atoms with E-state index in [1.165, 1.54) is 10.9 Å². The van der Waals surface area contributed by atoms with Crippen LogP contribution in [0.1, 0.15) is 55.4 Å². The first kappa shape index (κ1) is 33.4. The van der Waals surface area contributed by atoms with E-state index in [0.29, 0.717) is 25.1 Å². The topological polar surface area (TPSA) is 275 Å². The number of carboxylic acids is 1. The van der Waals surface area contributed by atoms with Crippen LogP contribution >= 0.6 is 0 Å². The molecule has 17 nitrogen and oxygen atoms in total. The number of carbonyl (C=O) groups is 5. The van der Waals surface area contributed by atoms with Crippen LogP contribution in [-0.2, 0) is 30.4 Å². The van der Waals surface area contributed by atoms with Gasteiger partial charge in [-0.2, -0.15) is 0 Å². The van der Waals surface area contributed by atoms with E-state index in [1.807, 2.05) is 30.3 Å². The minimum atomic E-state index is -1.45. The summed E-state index contributed by atoms with van der Waals surface area (Å²) in [5.41, 5.74) is 17.6. The van der Waals surface area contributed by atoms with Gasteiger partial charge in [-0.05, 0) is 44.2 Å². The number of nitrogens with one attached hydrogen (secondary N) is 4. The van der Waals surface area contributed by atoms with Crippen molar-refractivity contribution in [2.24, 2.45) is 22.2 Å². The van der Waals surface area contributed by atoms with E-state index in [-0.39, 0.29) is 31.8 Å². The highest BCUT2D eigenvalue weighted by atomic mass is 16.4. The van der Waals surface area contributed by atoms with Crippen LogP contribution in [0.3, 0.4) is 0 Å². The molecule has 0 saturated carbocycles. The fourth-order valence-electron chi connectivity index (χ4n) is 4.61. The van der Waals surface area contributed by atoms with Gasteiger partial charge in [0, 0.05) is 6.54 Å². The molecule has 1 aliphatic rings. The molecule has 2 bridgehead atoms. The number of nitrogens with two attached hydrogens (primary N) is 3. The number of aliphatic carboxylic acids is 1. The van der Waals surface area contributed by atoms with Crippen molar-refractivity contribution in [2.45, 2.75) is 62.7 Å². The Morgan fingerprint density at radius 1 is 0.955 bits per heavy atom. The number of nitrogens with zero attached hydrogens (tertiary/aromatic N) is 4. The van der Waals surface area contributed by atoms with Crippen molar-refractivity contribution < 1.29 is 29.1 Å². The summed E-state index contributed by atoms with van der Waals surface area (Å²) in [7, 11) is 0. The molecule has 4 atom stereocenters. The first-order valence-corrected chi connectivity index (χ1v) is 14.2. The van der Waals surface area contributed by atoms with Crippen LogP contribution in [0.25, 0.3) is 0 Å². The summed E-state index contributed by atoms with van der Waals surface area (Å²) >= 11 is 0. The maximum absolute atomic E-state index is 13.6. The number of hydrogen-bond acceptors (Lipinski definition) is 9. The standard InChI is InChI=1S/C27H39N11O6/c28-10-4-9-21-26(44)34-17(8-5-11-31-27(29)30)24(42)32-14-22(39)33-19(13-23(40)41)25(43)35-18(20-15-38(21)37-36-20)12-16-6-2-1-3-7-16/h1-3,6-7,15,17-19,21H,4-5,8-14,28H2,(H,32,42)(H,33,39)(H,34,44)(H,35,43)(H,40,41)(H4,29,30,31)/t17-,18?,19?,21?/m0/s1. The van der Waals surface area contributed by atoms with Crippen LogP contribution in [0.2, 0.25) is 0 Å². The van der Waals surface area contributed by atoms with Gasteiger partial charge in [-0.25, -0.2) is 4.68 Å². The summed E-state index contributed by atoms with van der Waals surface area (Å²) in [6.45, 7) is -0.0880. The lowest BCUT2D eigenvalue weighted by Gasteiger charge is -2.24. The highest BCUT2D eigenvalue weighted by Crippen LogP contribution is 2.21. The van der Waals surface area contributed by atoms with E-state index in [0.717, 1.165) is 5.56 Å². The summed E-state index contributed by atoms with van der Waals surface area (Å²) in [6.07, 6.45) is 2.24. The fraction of sp³-hybridized carbons (Fsp3) is 0.481. The largest absolute Gasteiger partial charge is 0.481 e. The minimum Gasteiger partial charge on any atom is -0.481 e. The van der Waals surface area contributed by atoms with Crippen molar-refractivity contribution in [1.29, 1.82) is 0 Å². The molecule has 17 heteroatoms. The quantitative estimate of drug-likeness (QED) is 0.0750. The van der Waals surface area contributed by atoms with Gasteiger partial charge in [0.05, 0.1) is 25.2 Å². The Balaban J connectivity index is 2.01. The lowest BCUT2D eigenvalue weighted by molar-refractivity contribution is -0.141. The smallest absolute Gasteiger partial charge is 0.305 e. The first-order valence-electron chi connectivity index (χ1n) is 14.2. The predicted molar refractivity (Wildman–Crippen MR) is 157 cm³/mol. The van der Waals surface area contributed by atoms with Gasteiger partial charge in [0.15, 0.2) is 5.96 Å². The molecule has 238 valence electrons. The summed E-state index contributed by atoms with van der Waals surface area (Å²) in [6, 6.07) is 4.95. The number of fused-ring (bicyclic) bond motifs is 2. The molecule has 11 N–H and O–H groups in total. The summed E-state index contributed by atoms with van der Waals surface area (Å²) in [5, 5.41) is 28.1. The number of hydrogen-bond donors (Lipinski definition) is 8. The van der Waals surface area contributed by atoms with Crippen LogP contribution in [0.4, 0.5) is 0 Å². The number of benzene rings is 1. The molecule has 0 saturated heterocycles. The van der Waals surface area contributed by atoms with Crippen molar-refractivity contribution in [3.05, 3.63) is 47.8 Å². The van der Waals surface area contributed by atoms with Crippen LogP contribution < -0.4 is 38.5 Å². The zero-order chi connectivity index (χ0) is 32.1. The van der Waals surface area contributed by atoms with Gasteiger partial charge in [-0.3, -0.25) is 29.0 Å². The number of carbonyl (C=O) groups excluding carboxylic acids is 4. The van der Waals surface area contributed by atoms with Gasteiger partial charge in [0.1, 0.15) is 23.8 Å². The molecule has 0 spiro atoms. The average molecular weight is 614 g/mol. The van der Waals surface area contributed by atoms with Crippen molar-refractivity contribution in [1.82, 2.24) is 36.3 Å². The molecule has 44 heavy (non-hydrogen) atoms. The highest BCUT2D eigenvalue weighted by Gasteiger charge is 2.31. The summed E-state index contributed by atoms with van der Waals surface area (Å²) < 4.78 is 1.35. The Bertz CT molecular complexity index is 1330. The van der Waals surface area contributed by atoms with Crippen LogP contribution in [0.5, 0.6) is 0 Å². The minimum absolute atomic E-state index is 0.123. The molecule has 2 heterocycles. The Hall–Kier alpha value is -5.06. The van der Waals surface area contributed by atoms with Gasteiger partial charge in [0.2, 0.25) is 23.6 Å². The fourth-order valence-corrected chi connectivity index (χ4v) is 4.61. The molecule has 0 aliphatic carbocycles. The Labute approximate surface area is 253 Å². The molecular formula is C27H39N11O6. The van der Waals surface area contributed by atoms with E-state index < -0.39 is 66.7 Å². The molecule has 1 aliphatic heterocycles. The SMILES string of the molecule is NCCCC1C(=O)N[C@@H](CCCN=C(N)N)C(=O)NCC(=O)NC(CC(=O)O)C(=O)NC(Cc2ccccc2)c2cn1nn2. The third-order valence-electron chi connectivity index (χ3n) is 6.82.